The Morgan fingerprint density at radius 3 is 3.10 bits per heavy atom. The maximum Gasteiger partial charge on any atom is 0.243 e. The Labute approximate surface area is 59.0 Å². The molecule has 0 fully saturated rings. The van der Waals surface area contributed by atoms with Gasteiger partial charge < -0.3 is 5.21 Å². The molecule has 0 aliphatic heterocycles. The first kappa shape index (κ1) is 6.80. The van der Waals surface area contributed by atoms with E-state index in [0.717, 1.165) is 0 Å². The van der Waals surface area contributed by atoms with Gasteiger partial charge in [0.05, 0.1) is 13.3 Å². The summed E-state index contributed by atoms with van der Waals surface area (Å²) in [6.07, 6.45) is 7.16. The molecule has 54 valence electrons. The molecule has 0 spiro atoms. The second kappa shape index (κ2) is 3.00. The number of nitrogens with zero attached hydrogens (tertiary/aromatic N) is 3. The smallest absolute Gasteiger partial charge is 0.243 e. The fourth-order valence-corrected chi connectivity index (χ4v) is 0.741. The highest BCUT2D eigenvalue weighted by Crippen LogP contribution is 1.79. The van der Waals surface area contributed by atoms with Crippen LogP contribution in [0.25, 0.3) is 0 Å². The second-order valence-electron chi connectivity index (χ2n) is 2.07. The molecule has 0 saturated heterocycles. The molecule has 10 heavy (non-hydrogen) atoms. The Hall–Kier alpha value is -1.32. The van der Waals surface area contributed by atoms with Crippen molar-refractivity contribution in [1.82, 2.24) is 4.57 Å². The largest absolute Gasteiger partial charge is 0.411 e. The van der Waals surface area contributed by atoms with Crippen molar-refractivity contribution in [2.75, 3.05) is 0 Å². The van der Waals surface area contributed by atoms with Crippen molar-refractivity contribution < 1.29 is 9.77 Å². The van der Waals surface area contributed by atoms with Crippen molar-refractivity contribution in [2.45, 2.75) is 6.54 Å². The highest BCUT2D eigenvalue weighted by Gasteiger charge is 1.95. The third-order valence-corrected chi connectivity index (χ3v) is 1.20. The Balaban J connectivity index is 2.58. The van der Waals surface area contributed by atoms with Crippen molar-refractivity contribution in [1.29, 1.82) is 0 Å². The summed E-state index contributed by atoms with van der Waals surface area (Å²) >= 11 is 0. The standard InChI is InChI=1S/C6H9N3O/c1-8-4-5-9(6-8)3-2-7-10/h2,4-6H,3H2,1H3/p+1/b7-2+. The first-order valence-electron chi connectivity index (χ1n) is 3.00. The van der Waals surface area contributed by atoms with Gasteiger partial charge in [-0.3, -0.25) is 0 Å². The molecule has 0 amide bonds. The van der Waals surface area contributed by atoms with Gasteiger partial charge in [0.2, 0.25) is 6.33 Å². The second-order valence-corrected chi connectivity index (χ2v) is 2.07. The Bertz CT molecular complexity index is 229. The third kappa shape index (κ3) is 1.58. The van der Waals surface area contributed by atoms with Crippen LogP contribution in [0.2, 0.25) is 0 Å². The summed E-state index contributed by atoms with van der Waals surface area (Å²) in [6, 6.07) is 0. The van der Waals surface area contributed by atoms with E-state index in [1.807, 2.05) is 34.9 Å². The summed E-state index contributed by atoms with van der Waals surface area (Å²) < 4.78 is 3.82. The highest BCUT2D eigenvalue weighted by atomic mass is 16.4. The quantitative estimate of drug-likeness (QED) is 0.262. The van der Waals surface area contributed by atoms with Gasteiger partial charge in [-0.2, -0.15) is 0 Å². The SMILES string of the molecule is C[n+]1ccn(C/C=N/O)c1. The molecule has 0 aliphatic rings. The molecule has 0 atom stereocenters. The van der Waals surface area contributed by atoms with Gasteiger partial charge in [0.15, 0.2) is 0 Å². The topological polar surface area (TPSA) is 41.4 Å². The van der Waals surface area contributed by atoms with E-state index in [2.05, 4.69) is 5.16 Å². The third-order valence-electron chi connectivity index (χ3n) is 1.20. The van der Waals surface area contributed by atoms with E-state index < -0.39 is 0 Å². The molecule has 1 rings (SSSR count). The predicted octanol–water partition coefficient (Wildman–Crippen LogP) is -0.227. The molecule has 1 aromatic heterocycles. The van der Waals surface area contributed by atoms with Crippen molar-refractivity contribution in [3.05, 3.63) is 18.7 Å². The molecule has 0 aliphatic carbocycles. The zero-order chi connectivity index (χ0) is 7.40. The molecule has 4 heteroatoms. The lowest BCUT2D eigenvalue weighted by atomic mass is 10.7. The lowest BCUT2D eigenvalue weighted by molar-refractivity contribution is -0.671. The predicted molar refractivity (Wildman–Crippen MR) is 35.9 cm³/mol. The lowest BCUT2D eigenvalue weighted by Gasteiger charge is -1.83. The normalized spacial score (nSPS) is 10.9. The molecule has 0 aromatic carbocycles. The fourth-order valence-electron chi connectivity index (χ4n) is 0.741. The Morgan fingerprint density at radius 1 is 1.80 bits per heavy atom. The van der Waals surface area contributed by atoms with Crippen LogP contribution in [-0.4, -0.2) is 16.0 Å². The van der Waals surface area contributed by atoms with Crippen molar-refractivity contribution in [2.24, 2.45) is 12.2 Å². The monoisotopic (exact) mass is 140 g/mol. The van der Waals surface area contributed by atoms with Crippen LogP contribution in [0.3, 0.4) is 0 Å². The maximum atomic E-state index is 8.08. The minimum atomic E-state index is 0.608. The number of rotatable bonds is 2. The van der Waals surface area contributed by atoms with Gasteiger partial charge in [0.25, 0.3) is 0 Å². The van der Waals surface area contributed by atoms with Gasteiger partial charge in [-0.25, -0.2) is 9.13 Å². The Kier molecular flexibility index (Phi) is 2.04. The fraction of sp³-hybridized carbons (Fsp3) is 0.333. The molecule has 4 nitrogen and oxygen atoms in total. The number of oxime groups is 1. The number of aromatic nitrogens is 2. The number of hydrogen-bond acceptors (Lipinski definition) is 2. The summed E-state index contributed by atoms with van der Waals surface area (Å²) in [5, 5.41) is 11.0. The van der Waals surface area contributed by atoms with Crippen LogP contribution in [0.1, 0.15) is 0 Å². The molecule has 0 bridgehead atoms. The van der Waals surface area contributed by atoms with E-state index >= 15 is 0 Å². The first-order valence-corrected chi connectivity index (χ1v) is 3.00. The molecule has 1 heterocycles. The van der Waals surface area contributed by atoms with Crippen LogP contribution in [0.15, 0.2) is 23.9 Å². The molecule has 1 aromatic rings. The van der Waals surface area contributed by atoms with E-state index in [4.69, 9.17) is 5.21 Å². The van der Waals surface area contributed by atoms with Crippen LogP contribution in [0.4, 0.5) is 0 Å². The molecule has 0 saturated carbocycles. The van der Waals surface area contributed by atoms with Gasteiger partial charge >= 0.3 is 0 Å². The summed E-state index contributed by atoms with van der Waals surface area (Å²) in [5.74, 6) is 0. The minimum absolute atomic E-state index is 0.608. The van der Waals surface area contributed by atoms with Crippen molar-refractivity contribution in [3.63, 3.8) is 0 Å². The van der Waals surface area contributed by atoms with Crippen LogP contribution in [-0.2, 0) is 13.6 Å². The average Bonchev–Trinajstić information content (AvgIpc) is 2.31. The van der Waals surface area contributed by atoms with Gasteiger partial charge in [0.1, 0.15) is 18.9 Å². The zero-order valence-electron chi connectivity index (χ0n) is 5.81. The van der Waals surface area contributed by atoms with E-state index in [0.29, 0.717) is 6.54 Å². The zero-order valence-corrected chi connectivity index (χ0v) is 5.81. The highest BCUT2D eigenvalue weighted by molar-refractivity contribution is 5.55. The summed E-state index contributed by atoms with van der Waals surface area (Å²) in [6.45, 7) is 0.608. The molecule has 0 unspecified atom stereocenters. The van der Waals surface area contributed by atoms with E-state index in [9.17, 15) is 0 Å². The minimum Gasteiger partial charge on any atom is -0.411 e. The molecular formula is C6H10N3O+. The van der Waals surface area contributed by atoms with E-state index in [1.165, 1.54) is 6.21 Å². The van der Waals surface area contributed by atoms with E-state index in [-0.39, 0.29) is 0 Å². The number of aryl methyl sites for hydroxylation is 1. The first-order chi connectivity index (χ1) is 4.83. The van der Waals surface area contributed by atoms with Crippen LogP contribution in [0.5, 0.6) is 0 Å². The van der Waals surface area contributed by atoms with Gasteiger partial charge in [0, 0.05) is 0 Å². The maximum absolute atomic E-state index is 8.08. The van der Waals surface area contributed by atoms with Crippen LogP contribution in [0, 0.1) is 0 Å². The lowest BCUT2D eigenvalue weighted by Crippen LogP contribution is -2.23. The number of hydrogen-bond donors (Lipinski definition) is 1. The van der Waals surface area contributed by atoms with Gasteiger partial charge in [-0.05, 0) is 0 Å². The average molecular weight is 140 g/mol. The molecule has 0 radical (unpaired) electrons. The van der Waals surface area contributed by atoms with E-state index in [1.54, 1.807) is 0 Å². The molecular weight excluding hydrogens is 130 g/mol. The summed E-state index contributed by atoms with van der Waals surface area (Å²) in [4.78, 5) is 0. The number of imidazole rings is 1. The van der Waals surface area contributed by atoms with Crippen molar-refractivity contribution in [3.8, 4) is 0 Å². The van der Waals surface area contributed by atoms with Crippen LogP contribution < -0.4 is 4.57 Å². The summed E-state index contributed by atoms with van der Waals surface area (Å²) in [7, 11) is 1.94. The summed E-state index contributed by atoms with van der Waals surface area (Å²) in [5.41, 5.74) is 0. The Morgan fingerprint density at radius 2 is 2.60 bits per heavy atom. The van der Waals surface area contributed by atoms with Gasteiger partial charge in [-0.15, -0.1) is 0 Å². The van der Waals surface area contributed by atoms with Crippen LogP contribution >= 0.6 is 0 Å². The molecule has 1 N–H and O–H groups in total. The van der Waals surface area contributed by atoms with Crippen molar-refractivity contribution >= 4 is 6.21 Å². The van der Waals surface area contributed by atoms with Gasteiger partial charge in [-0.1, -0.05) is 5.16 Å².